The number of anilines is 2. The van der Waals surface area contributed by atoms with Crippen LogP contribution in [-0.4, -0.2) is 40.8 Å². The summed E-state index contributed by atoms with van der Waals surface area (Å²) < 4.78 is 5.47. The Morgan fingerprint density at radius 3 is 2.24 bits per heavy atom. The van der Waals surface area contributed by atoms with Gasteiger partial charge in [-0.15, -0.1) is 0 Å². The Morgan fingerprint density at radius 2 is 1.58 bits per heavy atom. The minimum atomic E-state index is -1.31. The van der Waals surface area contributed by atoms with Crippen LogP contribution in [0.2, 0.25) is 0 Å². The van der Waals surface area contributed by atoms with E-state index in [2.05, 4.69) is 0 Å². The monoisotopic (exact) mass is 607 g/mol. The van der Waals surface area contributed by atoms with E-state index in [1.165, 1.54) is 42.3 Å². The molecular weight excluding hydrogens is 578 g/mol. The van der Waals surface area contributed by atoms with E-state index in [4.69, 9.17) is 4.74 Å². The number of phenols is 1. The number of allylic oxidation sites excluding steroid dienone is 2. The fraction of sp³-hybridized carbons (Fsp3) is 0.294. The van der Waals surface area contributed by atoms with Gasteiger partial charge in [-0.05, 0) is 68.1 Å². The molecule has 3 aromatic carbocycles. The minimum absolute atomic E-state index is 0.0795. The van der Waals surface area contributed by atoms with Gasteiger partial charge in [-0.1, -0.05) is 29.8 Å². The van der Waals surface area contributed by atoms with Gasteiger partial charge < -0.3 is 9.84 Å². The SMILES string of the molecule is COc1ccc(O)c(C2C3=CCC4C(=O)N(c5ccc([N+](=O)[O-])cc5)C(=O)C4C3CC3C(=O)N(c4ccccc4)C(=O)C32C)c1. The van der Waals surface area contributed by atoms with E-state index in [0.717, 1.165) is 10.5 Å². The smallest absolute Gasteiger partial charge is 0.269 e. The van der Waals surface area contributed by atoms with Crippen molar-refractivity contribution in [3.63, 3.8) is 0 Å². The van der Waals surface area contributed by atoms with Crippen molar-refractivity contribution in [1.29, 1.82) is 0 Å². The highest BCUT2D eigenvalue weighted by Gasteiger charge is 2.68. The Bertz CT molecular complexity index is 1820. The van der Waals surface area contributed by atoms with Gasteiger partial charge in [-0.3, -0.25) is 34.2 Å². The quantitative estimate of drug-likeness (QED) is 0.189. The van der Waals surface area contributed by atoms with Crippen molar-refractivity contribution in [3.8, 4) is 11.5 Å². The third kappa shape index (κ3) is 3.96. The van der Waals surface area contributed by atoms with Gasteiger partial charge in [0.05, 0.1) is 46.6 Å². The number of non-ortho nitro benzene ring substituents is 1. The summed E-state index contributed by atoms with van der Waals surface area (Å²) in [5.74, 6) is -5.04. The molecule has 6 unspecified atom stereocenters. The largest absolute Gasteiger partial charge is 0.508 e. The number of nitrogens with zero attached hydrogens (tertiary/aromatic N) is 3. The first-order valence-electron chi connectivity index (χ1n) is 14.7. The second kappa shape index (κ2) is 10.1. The van der Waals surface area contributed by atoms with E-state index < -0.39 is 63.6 Å². The second-order valence-electron chi connectivity index (χ2n) is 12.2. The van der Waals surface area contributed by atoms with Crippen molar-refractivity contribution >= 4 is 40.7 Å². The lowest BCUT2D eigenvalue weighted by molar-refractivity contribution is -0.384. The van der Waals surface area contributed by atoms with E-state index >= 15 is 0 Å². The maximum atomic E-state index is 14.4. The number of imide groups is 2. The molecule has 11 nitrogen and oxygen atoms in total. The molecule has 7 rings (SSSR count). The van der Waals surface area contributed by atoms with Gasteiger partial charge in [-0.2, -0.15) is 0 Å². The number of hydrogen-bond acceptors (Lipinski definition) is 8. The van der Waals surface area contributed by atoms with E-state index in [1.54, 1.807) is 49.4 Å². The number of phenolic OH excluding ortho intramolecular Hbond substituents is 1. The number of para-hydroxylation sites is 1. The Balaban J connectivity index is 1.36. The average molecular weight is 608 g/mol. The lowest BCUT2D eigenvalue weighted by Gasteiger charge is -2.49. The van der Waals surface area contributed by atoms with Crippen LogP contribution < -0.4 is 14.5 Å². The summed E-state index contributed by atoms with van der Waals surface area (Å²) in [6.45, 7) is 1.75. The number of fused-ring (bicyclic) bond motifs is 4. The lowest BCUT2D eigenvalue weighted by atomic mass is 9.51. The molecule has 6 atom stereocenters. The molecule has 2 saturated heterocycles. The van der Waals surface area contributed by atoms with Crippen LogP contribution in [0.4, 0.5) is 17.1 Å². The molecule has 3 aromatic rings. The Kier molecular flexibility index (Phi) is 6.40. The zero-order chi connectivity index (χ0) is 31.8. The minimum Gasteiger partial charge on any atom is -0.508 e. The molecule has 4 amide bonds. The first kappa shape index (κ1) is 28.5. The Hall–Kier alpha value is -5.32. The van der Waals surface area contributed by atoms with Gasteiger partial charge in [0.15, 0.2) is 0 Å². The van der Waals surface area contributed by atoms with Crippen LogP contribution >= 0.6 is 0 Å². The van der Waals surface area contributed by atoms with Crippen molar-refractivity contribution < 1.29 is 33.9 Å². The molecule has 2 aliphatic heterocycles. The van der Waals surface area contributed by atoms with Gasteiger partial charge in [-0.25, -0.2) is 4.90 Å². The molecule has 3 fully saturated rings. The summed E-state index contributed by atoms with van der Waals surface area (Å²) in [4.78, 5) is 69.4. The standard InChI is InChI=1S/C34H29N3O8/c1-34-26(31(40)36(33(34)42)18-6-4-3-5-7-18)17-24-22(29(34)25-16-21(45-2)12-15-27(25)38)13-14-23-28(24)32(41)35(30(23)39)19-8-10-20(11-9-19)37(43)44/h3-13,15-16,23-24,26,28-29,38H,14,17H2,1-2H3. The number of nitro benzene ring substituents is 1. The van der Waals surface area contributed by atoms with Crippen molar-refractivity contribution in [1.82, 2.24) is 0 Å². The number of amides is 4. The zero-order valence-corrected chi connectivity index (χ0v) is 24.5. The third-order valence-corrected chi connectivity index (χ3v) is 10.2. The van der Waals surface area contributed by atoms with Crippen LogP contribution in [0.25, 0.3) is 0 Å². The summed E-state index contributed by atoms with van der Waals surface area (Å²) >= 11 is 0. The normalized spacial score (nSPS) is 28.8. The van der Waals surface area contributed by atoms with Crippen molar-refractivity contribution in [2.45, 2.75) is 25.7 Å². The Labute approximate surface area is 257 Å². The van der Waals surface area contributed by atoms with Crippen molar-refractivity contribution in [3.05, 3.63) is 100 Å². The summed E-state index contributed by atoms with van der Waals surface area (Å²) in [7, 11) is 1.49. The van der Waals surface area contributed by atoms with E-state index in [0.29, 0.717) is 17.0 Å². The maximum Gasteiger partial charge on any atom is 0.269 e. The van der Waals surface area contributed by atoms with E-state index in [9.17, 15) is 34.4 Å². The highest BCUT2D eigenvalue weighted by atomic mass is 16.6. The molecule has 11 heteroatoms. The first-order chi connectivity index (χ1) is 21.6. The highest BCUT2D eigenvalue weighted by Crippen LogP contribution is 2.64. The zero-order valence-electron chi connectivity index (χ0n) is 24.5. The van der Waals surface area contributed by atoms with Crippen molar-refractivity contribution in [2.24, 2.45) is 29.1 Å². The number of ether oxygens (including phenoxy) is 1. The number of rotatable bonds is 5. The van der Waals surface area contributed by atoms with E-state index in [1.807, 2.05) is 6.08 Å². The van der Waals surface area contributed by atoms with Crippen LogP contribution in [0.3, 0.4) is 0 Å². The third-order valence-electron chi connectivity index (χ3n) is 10.2. The fourth-order valence-corrected chi connectivity index (χ4v) is 8.05. The first-order valence-corrected chi connectivity index (χ1v) is 14.7. The molecule has 228 valence electrons. The topological polar surface area (TPSA) is 147 Å². The van der Waals surface area contributed by atoms with Gasteiger partial charge in [0.2, 0.25) is 23.6 Å². The molecule has 0 spiro atoms. The molecule has 45 heavy (non-hydrogen) atoms. The molecule has 2 heterocycles. The second-order valence-corrected chi connectivity index (χ2v) is 12.2. The van der Waals surface area contributed by atoms with Crippen LogP contribution in [0.1, 0.15) is 31.2 Å². The maximum absolute atomic E-state index is 14.4. The molecule has 1 N–H and O–H groups in total. The number of nitro groups is 1. The molecule has 1 saturated carbocycles. The number of benzene rings is 3. The van der Waals surface area contributed by atoms with E-state index in [-0.39, 0.29) is 30.0 Å². The van der Waals surface area contributed by atoms with Crippen LogP contribution in [0.5, 0.6) is 11.5 Å². The van der Waals surface area contributed by atoms with Crippen molar-refractivity contribution in [2.75, 3.05) is 16.9 Å². The number of aromatic hydroxyl groups is 1. The highest BCUT2D eigenvalue weighted by molar-refractivity contribution is 6.25. The molecule has 0 radical (unpaired) electrons. The number of carbonyl (C=O) groups excluding carboxylic acids is 4. The number of hydrogen-bond donors (Lipinski definition) is 1. The predicted octanol–water partition coefficient (Wildman–Crippen LogP) is 4.74. The Morgan fingerprint density at radius 1 is 0.889 bits per heavy atom. The lowest BCUT2D eigenvalue weighted by Crippen LogP contribution is -2.48. The number of methoxy groups -OCH3 is 1. The summed E-state index contributed by atoms with van der Waals surface area (Å²) in [5.41, 5.74) is 0.312. The summed E-state index contributed by atoms with van der Waals surface area (Å²) in [6.07, 6.45) is 2.27. The van der Waals surface area contributed by atoms with Crippen LogP contribution in [-0.2, 0) is 19.2 Å². The van der Waals surface area contributed by atoms with Gasteiger partial charge in [0.25, 0.3) is 5.69 Å². The average Bonchev–Trinajstić information content (AvgIpc) is 3.41. The predicted molar refractivity (Wildman–Crippen MR) is 161 cm³/mol. The summed E-state index contributed by atoms with van der Waals surface area (Å²) in [6, 6.07) is 18.7. The molecular formula is C34H29N3O8. The van der Waals surface area contributed by atoms with Gasteiger partial charge >= 0.3 is 0 Å². The van der Waals surface area contributed by atoms with Crippen LogP contribution in [0, 0.1) is 39.2 Å². The number of carbonyl (C=O) groups is 4. The fourth-order valence-electron chi connectivity index (χ4n) is 8.05. The molecule has 4 aliphatic rings. The molecule has 0 bridgehead atoms. The summed E-state index contributed by atoms with van der Waals surface area (Å²) in [5, 5.41) is 22.4. The molecule has 0 aromatic heterocycles. The molecule has 2 aliphatic carbocycles. The van der Waals surface area contributed by atoms with Crippen LogP contribution in [0.15, 0.2) is 84.4 Å². The van der Waals surface area contributed by atoms with Gasteiger partial charge in [0, 0.05) is 23.6 Å². The van der Waals surface area contributed by atoms with Gasteiger partial charge in [0.1, 0.15) is 11.5 Å².